The predicted molar refractivity (Wildman–Crippen MR) is 105 cm³/mol. The summed E-state index contributed by atoms with van der Waals surface area (Å²) >= 11 is 6.41. The third-order valence-corrected chi connectivity index (χ3v) is 4.65. The van der Waals surface area contributed by atoms with E-state index in [2.05, 4.69) is 4.98 Å². The second-order valence-electron chi connectivity index (χ2n) is 6.14. The Bertz CT molecular complexity index is 1000. The van der Waals surface area contributed by atoms with Gasteiger partial charge in [-0.3, -0.25) is 9.36 Å². The van der Waals surface area contributed by atoms with Crippen molar-refractivity contribution < 1.29 is 9.90 Å². The fourth-order valence-corrected chi connectivity index (χ4v) is 3.37. The third-order valence-electron chi connectivity index (χ3n) is 4.39. The molecule has 0 aliphatic carbocycles. The van der Waals surface area contributed by atoms with Crippen LogP contribution in [-0.2, 0) is 17.6 Å². The second kappa shape index (κ2) is 8.18. The molecule has 1 N–H and O–H groups in total. The Kier molecular flexibility index (Phi) is 5.72. The van der Waals surface area contributed by atoms with Crippen LogP contribution in [0.1, 0.15) is 24.2 Å². The predicted octanol–water partition coefficient (Wildman–Crippen LogP) is 3.99. The summed E-state index contributed by atoms with van der Waals surface area (Å²) in [6.07, 6.45) is 0.532. The average molecular weight is 383 g/mol. The Morgan fingerprint density at radius 3 is 2.26 bits per heavy atom. The summed E-state index contributed by atoms with van der Waals surface area (Å²) in [5.74, 6) is -1.09. The number of benzene rings is 2. The van der Waals surface area contributed by atoms with Crippen molar-refractivity contribution in [1.82, 2.24) is 9.55 Å². The molecule has 0 spiro atoms. The van der Waals surface area contributed by atoms with E-state index in [1.54, 1.807) is 31.2 Å². The van der Waals surface area contributed by atoms with Crippen LogP contribution in [0.5, 0.6) is 0 Å². The average Bonchev–Trinajstić information content (AvgIpc) is 2.69. The highest BCUT2D eigenvalue weighted by Crippen LogP contribution is 2.29. The lowest BCUT2D eigenvalue weighted by molar-refractivity contribution is -0.140. The van der Waals surface area contributed by atoms with Crippen molar-refractivity contribution in [2.45, 2.75) is 25.8 Å². The molecule has 0 radical (unpaired) electrons. The molecule has 0 aliphatic rings. The first-order valence-electron chi connectivity index (χ1n) is 8.66. The number of carboxylic acid groups (broad SMARTS) is 1. The molecule has 3 rings (SSSR count). The molecule has 0 bridgehead atoms. The Hall–Kier alpha value is -2.92. The van der Waals surface area contributed by atoms with Crippen molar-refractivity contribution in [2.24, 2.45) is 0 Å². The van der Waals surface area contributed by atoms with E-state index < -0.39 is 17.6 Å². The van der Waals surface area contributed by atoms with Gasteiger partial charge < -0.3 is 5.11 Å². The second-order valence-corrected chi connectivity index (χ2v) is 6.49. The summed E-state index contributed by atoms with van der Waals surface area (Å²) in [7, 11) is 0. The minimum Gasteiger partial charge on any atom is -0.480 e. The van der Waals surface area contributed by atoms with E-state index in [0.29, 0.717) is 17.7 Å². The molecule has 0 amide bonds. The summed E-state index contributed by atoms with van der Waals surface area (Å²) in [5, 5.41) is 10.0. The van der Waals surface area contributed by atoms with E-state index >= 15 is 0 Å². The molecule has 1 unspecified atom stereocenters. The first-order valence-corrected chi connectivity index (χ1v) is 9.03. The van der Waals surface area contributed by atoms with Gasteiger partial charge in [-0.05, 0) is 12.0 Å². The number of rotatable bonds is 6. The lowest BCUT2D eigenvalue weighted by atomic mass is 10.0. The van der Waals surface area contributed by atoms with Crippen molar-refractivity contribution in [2.75, 3.05) is 0 Å². The van der Waals surface area contributed by atoms with Gasteiger partial charge in [0, 0.05) is 12.0 Å². The lowest BCUT2D eigenvalue weighted by Gasteiger charge is -2.22. The number of hydrogen-bond acceptors (Lipinski definition) is 3. The van der Waals surface area contributed by atoms with E-state index in [-0.39, 0.29) is 17.3 Å². The first-order chi connectivity index (χ1) is 13.0. The number of aromatic nitrogens is 2. The summed E-state index contributed by atoms with van der Waals surface area (Å²) in [4.78, 5) is 29.4. The van der Waals surface area contributed by atoms with Gasteiger partial charge in [0.15, 0.2) is 5.15 Å². The van der Waals surface area contributed by atoms with Crippen LogP contribution in [0.3, 0.4) is 0 Å². The van der Waals surface area contributed by atoms with E-state index in [4.69, 9.17) is 11.6 Å². The quantitative estimate of drug-likeness (QED) is 0.699. The molecule has 1 atom stereocenters. The maximum absolute atomic E-state index is 13.1. The molecule has 2 aromatic carbocycles. The molecule has 0 saturated carbocycles. The van der Waals surface area contributed by atoms with Gasteiger partial charge >= 0.3 is 5.97 Å². The van der Waals surface area contributed by atoms with Crippen molar-refractivity contribution in [1.29, 1.82) is 0 Å². The highest BCUT2D eigenvalue weighted by Gasteiger charge is 2.27. The zero-order chi connectivity index (χ0) is 19.4. The topological polar surface area (TPSA) is 72.2 Å². The van der Waals surface area contributed by atoms with Crippen LogP contribution in [-0.4, -0.2) is 20.6 Å². The monoisotopic (exact) mass is 382 g/mol. The molecule has 1 aromatic heterocycles. The summed E-state index contributed by atoms with van der Waals surface area (Å²) in [5.41, 5.74) is 1.61. The Balaban J connectivity index is 2.26. The van der Waals surface area contributed by atoms with E-state index in [0.717, 1.165) is 5.56 Å². The molecule has 138 valence electrons. The van der Waals surface area contributed by atoms with E-state index in [1.807, 2.05) is 36.4 Å². The van der Waals surface area contributed by atoms with Crippen LogP contribution in [0, 0.1) is 0 Å². The Labute approximate surface area is 161 Å². The SMILES string of the molecule is CCc1nc(Cl)c(-c2ccccc2)n(C(Cc2ccccc2)C(=O)O)c1=O. The first kappa shape index (κ1) is 18.9. The maximum atomic E-state index is 13.1. The number of carbonyl (C=O) groups is 1. The van der Waals surface area contributed by atoms with Crippen LogP contribution in [0.4, 0.5) is 0 Å². The van der Waals surface area contributed by atoms with Gasteiger partial charge in [-0.25, -0.2) is 9.78 Å². The molecule has 0 aliphatic heterocycles. The van der Waals surface area contributed by atoms with Gasteiger partial charge in [0.1, 0.15) is 11.7 Å². The van der Waals surface area contributed by atoms with Crippen LogP contribution in [0.2, 0.25) is 5.15 Å². The van der Waals surface area contributed by atoms with Crippen LogP contribution < -0.4 is 5.56 Å². The van der Waals surface area contributed by atoms with Gasteiger partial charge in [-0.15, -0.1) is 0 Å². The molecule has 0 fully saturated rings. The number of halogens is 1. The van der Waals surface area contributed by atoms with Gasteiger partial charge in [0.25, 0.3) is 5.56 Å². The molecule has 27 heavy (non-hydrogen) atoms. The standard InChI is InChI=1S/C21H19ClN2O3/c1-2-16-20(25)24(17(21(26)27)13-14-9-5-3-6-10-14)18(19(22)23-16)15-11-7-4-8-12-15/h3-12,17H,2,13H2,1H3,(H,26,27). The van der Waals surface area contributed by atoms with Crippen molar-refractivity contribution >= 4 is 17.6 Å². The number of aliphatic carboxylic acids is 1. The molecule has 1 heterocycles. The summed E-state index contributed by atoms with van der Waals surface area (Å²) in [6.45, 7) is 1.79. The Morgan fingerprint density at radius 2 is 1.70 bits per heavy atom. The summed E-state index contributed by atoms with van der Waals surface area (Å²) < 4.78 is 1.28. The highest BCUT2D eigenvalue weighted by atomic mass is 35.5. The van der Waals surface area contributed by atoms with Crippen molar-refractivity contribution in [3.63, 3.8) is 0 Å². The van der Waals surface area contributed by atoms with Gasteiger partial charge in [0.05, 0.1) is 5.69 Å². The zero-order valence-electron chi connectivity index (χ0n) is 14.8. The minimum absolute atomic E-state index is 0.122. The lowest BCUT2D eigenvalue weighted by Crippen LogP contribution is -2.35. The maximum Gasteiger partial charge on any atom is 0.327 e. The van der Waals surface area contributed by atoms with E-state index in [1.165, 1.54) is 4.57 Å². The molecule has 5 nitrogen and oxygen atoms in total. The Morgan fingerprint density at radius 1 is 1.11 bits per heavy atom. The van der Waals surface area contributed by atoms with Crippen LogP contribution in [0.25, 0.3) is 11.3 Å². The largest absolute Gasteiger partial charge is 0.480 e. The molecular formula is C21H19ClN2O3. The van der Waals surface area contributed by atoms with Gasteiger partial charge in [0.2, 0.25) is 0 Å². The van der Waals surface area contributed by atoms with Gasteiger partial charge in [-0.2, -0.15) is 0 Å². The fourth-order valence-electron chi connectivity index (χ4n) is 3.07. The molecular weight excluding hydrogens is 364 g/mol. The van der Waals surface area contributed by atoms with E-state index in [9.17, 15) is 14.7 Å². The van der Waals surface area contributed by atoms with Crippen LogP contribution in [0.15, 0.2) is 65.5 Å². The molecule has 0 saturated heterocycles. The molecule has 6 heteroatoms. The third kappa shape index (κ3) is 3.93. The number of hydrogen-bond donors (Lipinski definition) is 1. The highest BCUT2D eigenvalue weighted by molar-refractivity contribution is 6.31. The van der Waals surface area contributed by atoms with Crippen molar-refractivity contribution in [3.8, 4) is 11.3 Å². The zero-order valence-corrected chi connectivity index (χ0v) is 15.6. The summed E-state index contributed by atoms with van der Waals surface area (Å²) in [6, 6.07) is 17.1. The smallest absolute Gasteiger partial charge is 0.327 e. The molecule has 3 aromatic rings. The number of aryl methyl sites for hydroxylation is 1. The van der Waals surface area contributed by atoms with Crippen molar-refractivity contribution in [3.05, 3.63) is 87.4 Å². The normalized spacial score (nSPS) is 11.9. The fraction of sp³-hybridized carbons (Fsp3) is 0.190. The van der Waals surface area contributed by atoms with Crippen LogP contribution >= 0.6 is 11.6 Å². The minimum atomic E-state index is -1.10. The number of carboxylic acids is 1. The number of nitrogens with zero attached hydrogens (tertiary/aromatic N) is 2. The van der Waals surface area contributed by atoms with Gasteiger partial charge in [-0.1, -0.05) is 79.2 Å².